The molecule has 0 bridgehead atoms. The quantitative estimate of drug-likeness (QED) is 0.240. The molecule has 0 saturated heterocycles. The molecule has 1 unspecified atom stereocenters. The van der Waals surface area contributed by atoms with Gasteiger partial charge in [0.15, 0.2) is 11.5 Å². The molecule has 3 aromatic heterocycles. The molecule has 1 atom stereocenters. The summed E-state index contributed by atoms with van der Waals surface area (Å²) in [6.45, 7) is 2.93. The number of hydrogen-bond donors (Lipinski definition) is 3. The number of halogens is 1. The summed E-state index contributed by atoms with van der Waals surface area (Å²) in [7, 11) is 0. The van der Waals surface area contributed by atoms with E-state index in [1.54, 1.807) is 0 Å². The zero-order valence-electron chi connectivity index (χ0n) is 22.2. The van der Waals surface area contributed by atoms with Crippen molar-refractivity contribution in [2.75, 3.05) is 43.4 Å². The summed E-state index contributed by atoms with van der Waals surface area (Å²) in [6.07, 6.45) is 10.4. The van der Waals surface area contributed by atoms with Crippen LogP contribution in [0.25, 0.3) is 0 Å². The van der Waals surface area contributed by atoms with Crippen molar-refractivity contribution in [3.8, 4) is 11.8 Å². The molecule has 1 aliphatic rings. The van der Waals surface area contributed by atoms with E-state index in [-0.39, 0.29) is 24.5 Å². The highest BCUT2D eigenvalue weighted by atomic mass is 19.1. The summed E-state index contributed by atoms with van der Waals surface area (Å²) in [4.78, 5) is 30.7. The zero-order chi connectivity index (χ0) is 28.2. The Balaban J connectivity index is 1.32. The van der Waals surface area contributed by atoms with Crippen LogP contribution in [0.4, 0.5) is 16.0 Å². The Kier molecular flexibility index (Phi) is 10.5. The summed E-state index contributed by atoms with van der Waals surface area (Å²) in [5.74, 6) is -0.0638. The predicted molar refractivity (Wildman–Crippen MR) is 147 cm³/mol. The number of aromatic nitrogens is 4. The highest BCUT2D eigenvalue weighted by molar-refractivity contribution is 5.77. The molecule has 4 heterocycles. The van der Waals surface area contributed by atoms with Crippen molar-refractivity contribution in [1.82, 2.24) is 24.8 Å². The van der Waals surface area contributed by atoms with Gasteiger partial charge in [-0.2, -0.15) is 5.26 Å². The number of nitriles is 1. The van der Waals surface area contributed by atoms with Crippen molar-refractivity contribution in [2.45, 2.75) is 44.6 Å². The molecule has 11 nitrogen and oxygen atoms in total. The number of nitrogens with zero attached hydrogens (tertiary/aromatic N) is 6. The fourth-order valence-corrected chi connectivity index (χ4v) is 4.51. The number of carboxylic acid groups (broad SMARTS) is 1. The highest BCUT2D eigenvalue weighted by Gasteiger charge is 2.21. The third-order valence-corrected chi connectivity index (χ3v) is 6.61. The molecule has 40 heavy (non-hydrogen) atoms. The van der Waals surface area contributed by atoms with Crippen LogP contribution in [0.2, 0.25) is 0 Å². The van der Waals surface area contributed by atoms with Gasteiger partial charge in [0.25, 0.3) is 0 Å². The van der Waals surface area contributed by atoms with Crippen LogP contribution in [0.1, 0.15) is 42.6 Å². The van der Waals surface area contributed by atoms with Crippen LogP contribution in [0.15, 0.2) is 43.0 Å². The second-order valence-electron chi connectivity index (χ2n) is 9.52. The first kappa shape index (κ1) is 28.6. The molecule has 0 spiro atoms. The van der Waals surface area contributed by atoms with Gasteiger partial charge in [-0.15, -0.1) is 0 Å². The van der Waals surface area contributed by atoms with Crippen molar-refractivity contribution in [3.05, 3.63) is 65.8 Å². The van der Waals surface area contributed by atoms with Crippen molar-refractivity contribution < 1.29 is 19.0 Å². The average Bonchev–Trinajstić information content (AvgIpc) is 2.97. The Labute approximate surface area is 232 Å². The van der Waals surface area contributed by atoms with Crippen molar-refractivity contribution in [2.24, 2.45) is 0 Å². The number of anilines is 2. The van der Waals surface area contributed by atoms with Gasteiger partial charge in [-0.3, -0.25) is 9.88 Å². The molecule has 3 N–H and O–H groups in total. The topological polar surface area (TPSA) is 149 Å². The molecule has 0 aliphatic carbocycles. The van der Waals surface area contributed by atoms with E-state index in [1.165, 1.54) is 30.2 Å². The summed E-state index contributed by atoms with van der Waals surface area (Å²) in [5.41, 5.74) is 2.35. The second-order valence-corrected chi connectivity index (χ2v) is 9.52. The SMILES string of the molecule is N#Cc1nccnc1NC(CCN(CCCCc1ccc2c(n1)NCCC2)CCOc1cncc(F)c1)C(=O)O. The Morgan fingerprint density at radius 1 is 1.23 bits per heavy atom. The molecule has 1 aliphatic heterocycles. The number of aliphatic carboxylic acids is 1. The standard InChI is InChI=1S/C28H33FN8O3/c29-21-16-23(19-31-18-21)40-15-14-37(12-2-1-5-22-7-6-20-4-3-9-33-26(20)35-22)13-8-24(28(38)39)36-27-25(17-30)32-10-11-34-27/h6-7,10-11,16,18-19,24H,1-5,8-9,12-15H2,(H,33,35)(H,34,36)(H,38,39). The second kappa shape index (κ2) is 14.7. The zero-order valence-corrected chi connectivity index (χ0v) is 22.2. The smallest absolute Gasteiger partial charge is 0.326 e. The normalized spacial score (nSPS) is 13.1. The van der Waals surface area contributed by atoms with Crippen LogP contribution in [0.3, 0.4) is 0 Å². The number of ether oxygens (including phenoxy) is 1. The van der Waals surface area contributed by atoms with E-state index in [9.17, 15) is 19.6 Å². The van der Waals surface area contributed by atoms with E-state index in [2.05, 4.69) is 42.6 Å². The maximum absolute atomic E-state index is 13.5. The first-order valence-electron chi connectivity index (χ1n) is 13.4. The number of hydrogen-bond acceptors (Lipinski definition) is 10. The number of nitrogens with one attached hydrogen (secondary N) is 2. The minimum Gasteiger partial charge on any atom is -0.491 e. The highest BCUT2D eigenvalue weighted by Crippen LogP contribution is 2.20. The van der Waals surface area contributed by atoms with E-state index in [1.807, 2.05) is 6.07 Å². The van der Waals surface area contributed by atoms with Gasteiger partial charge in [0.1, 0.15) is 36.1 Å². The molecule has 210 valence electrons. The molecule has 0 aromatic carbocycles. The maximum Gasteiger partial charge on any atom is 0.326 e. The molecule has 3 aromatic rings. The number of aryl methyl sites for hydroxylation is 2. The number of pyridine rings is 2. The number of carbonyl (C=O) groups is 1. The fraction of sp³-hybridized carbons (Fsp3) is 0.429. The third kappa shape index (κ3) is 8.57. The lowest BCUT2D eigenvalue weighted by molar-refractivity contribution is -0.138. The monoisotopic (exact) mass is 548 g/mol. The van der Waals surface area contributed by atoms with Crippen LogP contribution >= 0.6 is 0 Å². The van der Waals surface area contributed by atoms with Crippen molar-refractivity contribution in [1.29, 1.82) is 5.26 Å². The average molecular weight is 549 g/mol. The Bertz CT molecular complexity index is 1320. The molecule has 0 fully saturated rings. The summed E-state index contributed by atoms with van der Waals surface area (Å²) >= 11 is 0. The molecular weight excluding hydrogens is 515 g/mol. The van der Waals surface area contributed by atoms with Crippen molar-refractivity contribution in [3.63, 3.8) is 0 Å². The van der Waals surface area contributed by atoms with E-state index in [0.717, 1.165) is 62.9 Å². The first-order valence-corrected chi connectivity index (χ1v) is 13.4. The minimum atomic E-state index is -1.05. The van der Waals surface area contributed by atoms with Gasteiger partial charge in [-0.25, -0.2) is 24.1 Å². The molecule has 0 saturated carbocycles. The third-order valence-electron chi connectivity index (χ3n) is 6.61. The summed E-state index contributed by atoms with van der Waals surface area (Å²) in [6, 6.07) is 6.48. The number of rotatable bonds is 15. The van der Waals surface area contributed by atoms with Crippen molar-refractivity contribution >= 4 is 17.6 Å². The van der Waals surface area contributed by atoms with Gasteiger partial charge in [0.2, 0.25) is 0 Å². The van der Waals surface area contributed by atoms with E-state index in [4.69, 9.17) is 9.72 Å². The van der Waals surface area contributed by atoms with Gasteiger partial charge >= 0.3 is 5.97 Å². The molecule has 0 radical (unpaired) electrons. The van der Waals surface area contributed by atoms with E-state index in [0.29, 0.717) is 18.8 Å². The molecule has 12 heteroatoms. The van der Waals surface area contributed by atoms with Gasteiger partial charge in [-0.1, -0.05) is 6.07 Å². The number of fused-ring (bicyclic) bond motifs is 1. The summed E-state index contributed by atoms with van der Waals surface area (Å²) < 4.78 is 19.1. The van der Waals surface area contributed by atoms with Crippen LogP contribution in [-0.4, -0.2) is 74.7 Å². The van der Waals surface area contributed by atoms with Gasteiger partial charge in [0.05, 0.1) is 12.4 Å². The van der Waals surface area contributed by atoms with Crippen LogP contribution in [-0.2, 0) is 17.6 Å². The number of carboxylic acids is 1. The Morgan fingerprint density at radius 2 is 2.10 bits per heavy atom. The van der Waals surface area contributed by atoms with Gasteiger partial charge in [0, 0.05) is 43.8 Å². The Morgan fingerprint density at radius 3 is 2.92 bits per heavy atom. The maximum atomic E-state index is 13.5. The van der Waals surface area contributed by atoms with Crippen LogP contribution in [0.5, 0.6) is 5.75 Å². The first-order chi connectivity index (χ1) is 19.5. The van der Waals surface area contributed by atoms with Crippen LogP contribution < -0.4 is 15.4 Å². The minimum absolute atomic E-state index is 0.0358. The molecule has 0 amide bonds. The lowest BCUT2D eigenvalue weighted by Gasteiger charge is -2.24. The largest absolute Gasteiger partial charge is 0.491 e. The summed E-state index contributed by atoms with van der Waals surface area (Å²) in [5, 5.41) is 25.3. The predicted octanol–water partition coefficient (Wildman–Crippen LogP) is 3.29. The van der Waals surface area contributed by atoms with E-state index >= 15 is 0 Å². The fourth-order valence-electron chi connectivity index (χ4n) is 4.51. The lowest BCUT2D eigenvalue weighted by atomic mass is 10.1. The molecular formula is C28H33FN8O3. The van der Waals surface area contributed by atoms with E-state index < -0.39 is 17.8 Å². The Hall–Kier alpha value is -4.37. The molecule has 4 rings (SSSR count). The lowest BCUT2D eigenvalue weighted by Crippen LogP contribution is -2.37. The van der Waals surface area contributed by atoms with Gasteiger partial charge < -0.3 is 20.5 Å². The number of unbranched alkanes of at least 4 members (excludes halogenated alkanes) is 1. The van der Waals surface area contributed by atoms with Crippen LogP contribution in [0, 0.1) is 17.1 Å². The van der Waals surface area contributed by atoms with Gasteiger partial charge in [-0.05, 0) is 56.7 Å².